The van der Waals surface area contributed by atoms with Crippen molar-refractivity contribution in [3.63, 3.8) is 0 Å². The molecule has 3 aromatic rings. The van der Waals surface area contributed by atoms with E-state index >= 15 is 0 Å². The topological polar surface area (TPSA) is 77.8 Å². The van der Waals surface area contributed by atoms with Crippen LogP contribution >= 0.6 is 0 Å². The van der Waals surface area contributed by atoms with Crippen LogP contribution in [0.3, 0.4) is 0 Å². The van der Waals surface area contributed by atoms with Crippen molar-refractivity contribution < 1.29 is 27.9 Å². The number of esters is 1. The van der Waals surface area contributed by atoms with E-state index in [9.17, 15) is 14.0 Å². The van der Waals surface area contributed by atoms with Gasteiger partial charge < -0.3 is 19.2 Å². The predicted octanol–water partition coefficient (Wildman–Crippen LogP) is 4.28. The molecule has 144 valence electrons. The molecule has 7 heteroatoms. The number of carbonyl (C=O) groups is 2. The molecule has 1 amide bonds. The monoisotopic (exact) mass is 383 g/mol. The van der Waals surface area contributed by atoms with E-state index < -0.39 is 18.5 Å². The van der Waals surface area contributed by atoms with Gasteiger partial charge in [-0.1, -0.05) is 0 Å². The lowest BCUT2D eigenvalue weighted by molar-refractivity contribution is -0.119. The van der Waals surface area contributed by atoms with Crippen LogP contribution in [0.15, 0.2) is 65.1 Å². The van der Waals surface area contributed by atoms with E-state index in [0.29, 0.717) is 29.4 Å². The second-order valence-electron chi connectivity index (χ2n) is 5.75. The number of anilines is 1. The van der Waals surface area contributed by atoms with Gasteiger partial charge in [0.2, 0.25) is 5.76 Å². The molecule has 0 aliphatic heterocycles. The minimum absolute atomic E-state index is 0.0480. The molecular weight excluding hydrogens is 365 g/mol. The number of hydrogen-bond acceptors (Lipinski definition) is 5. The molecule has 2 aromatic carbocycles. The van der Waals surface area contributed by atoms with E-state index in [2.05, 4.69) is 5.32 Å². The fraction of sp³-hybridized carbons (Fsp3) is 0.143. The van der Waals surface area contributed by atoms with Crippen LogP contribution in [-0.2, 0) is 9.53 Å². The van der Waals surface area contributed by atoms with Crippen molar-refractivity contribution in [2.75, 3.05) is 18.5 Å². The summed E-state index contributed by atoms with van der Waals surface area (Å²) in [4.78, 5) is 24.0. The second kappa shape index (κ2) is 8.85. The summed E-state index contributed by atoms with van der Waals surface area (Å²) in [5, 5.41) is 2.62. The zero-order valence-electron chi connectivity index (χ0n) is 15.1. The van der Waals surface area contributed by atoms with Crippen LogP contribution < -0.4 is 10.1 Å². The molecule has 3 rings (SSSR count). The Bertz CT molecular complexity index is 948. The third-order valence-corrected chi connectivity index (χ3v) is 3.72. The number of hydrogen-bond donors (Lipinski definition) is 1. The SMILES string of the molecule is CCOc1ccc(NC(=O)COC(=O)c2ccc(-c3ccc(F)cc3)o2)cc1. The highest BCUT2D eigenvalue weighted by Crippen LogP contribution is 2.23. The summed E-state index contributed by atoms with van der Waals surface area (Å²) in [5.74, 6) is -0.577. The standard InChI is InChI=1S/C21H18FNO5/c1-2-26-17-9-7-16(8-10-17)23-20(24)13-27-21(25)19-12-11-18(28-19)14-3-5-15(22)6-4-14/h3-12H,2,13H2,1H3,(H,23,24). The van der Waals surface area contributed by atoms with E-state index in [1.807, 2.05) is 6.92 Å². The Kier molecular flexibility index (Phi) is 6.06. The molecule has 0 aliphatic rings. The summed E-state index contributed by atoms with van der Waals surface area (Å²) >= 11 is 0. The van der Waals surface area contributed by atoms with Crippen molar-refractivity contribution in [1.82, 2.24) is 0 Å². The Morgan fingerprint density at radius 2 is 1.71 bits per heavy atom. The number of carbonyl (C=O) groups excluding carboxylic acids is 2. The smallest absolute Gasteiger partial charge is 0.374 e. The maximum atomic E-state index is 13.0. The molecule has 0 radical (unpaired) electrons. The molecule has 0 spiro atoms. The number of furan rings is 1. The maximum absolute atomic E-state index is 13.0. The van der Waals surface area contributed by atoms with Gasteiger partial charge in [-0.05, 0) is 67.6 Å². The quantitative estimate of drug-likeness (QED) is 0.616. The number of halogens is 1. The number of ether oxygens (including phenoxy) is 2. The highest BCUT2D eigenvalue weighted by molar-refractivity contribution is 5.94. The highest BCUT2D eigenvalue weighted by atomic mass is 19.1. The molecule has 1 heterocycles. The average molecular weight is 383 g/mol. The van der Waals surface area contributed by atoms with Gasteiger partial charge in [0, 0.05) is 11.3 Å². The summed E-state index contributed by atoms with van der Waals surface area (Å²) in [6, 6.07) is 15.5. The highest BCUT2D eigenvalue weighted by Gasteiger charge is 2.15. The van der Waals surface area contributed by atoms with E-state index in [1.165, 1.54) is 30.3 Å². The molecule has 0 saturated carbocycles. The molecule has 1 aromatic heterocycles. The van der Waals surface area contributed by atoms with Gasteiger partial charge in [0.25, 0.3) is 5.91 Å². The Morgan fingerprint density at radius 1 is 1.00 bits per heavy atom. The minimum atomic E-state index is -0.768. The van der Waals surface area contributed by atoms with E-state index in [-0.39, 0.29) is 11.6 Å². The third-order valence-electron chi connectivity index (χ3n) is 3.72. The lowest BCUT2D eigenvalue weighted by Gasteiger charge is -2.07. The second-order valence-corrected chi connectivity index (χ2v) is 5.75. The van der Waals surface area contributed by atoms with Crippen molar-refractivity contribution in [2.45, 2.75) is 6.92 Å². The third kappa shape index (κ3) is 4.97. The summed E-state index contributed by atoms with van der Waals surface area (Å²) in [7, 11) is 0. The first-order chi connectivity index (χ1) is 13.5. The maximum Gasteiger partial charge on any atom is 0.374 e. The zero-order valence-corrected chi connectivity index (χ0v) is 15.1. The van der Waals surface area contributed by atoms with Gasteiger partial charge in [-0.25, -0.2) is 9.18 Å². The molecule has 0 saturated heterocycles. The van der Waals surface area contributed by atoms with Gasteiger partial charge in [-0.15, -0.1) is 0 Å². The number of amides is 1. The first-order valence-electron chi connectivity index (χ1n) is 8.61. The average Bonchev–Trinajstić information content (AvgIpc) is 3.19. The Labute approximate surface area is 160 Å². The van der Waals surface area contributed by atoms with Crippen molar-refractivity contribution in [3.8, 4) is 17.1 Å². The van der Waals surface area contributed by atoms with Crippen LogP contribution in [0.2, 0.25) is 0 Å². The predicted molar refractivity (Wildman–Crippen MR) is 101 cm³/mol. The molecule has 0 fully saturated rings. The fourth-order valence-corrected chi connectivity index (χ4v) is 2.42. The number of nitrogens with one attached hydrogen (secondary N) is 1. The van der Waals surface area contributed by atoms with E-state index in [4.69, 9.17) is 13.9 Å². The Hall–Kier alpha value is -3.61. The van der Waals surface area contributed by atoms with Crippen LogP contribution in [0.1, 0.15) is 17.5 Å². The van der Waals surface area contributed by atoms with Gasteiger partial charge >= 0.3 is 5.97 Å². The molecule has 28 heavy (non-hydrogen) atoms. The Morgan fingerprint density at radius 3 is 2.39 bits per heavy atom. The first kappa shape index (κ1) is 19.2. The molecule has 0 atom stereocenters. The first-order valence-corrected chi connectivity index (χ1v) is 8.61. The van der Waals surface area contributed by atoms with Crippen LogP contribution in [0.25, 0.3) is 11.3 Å². The van der Waals surface area contributed by atoms with Gasteiger partial charge in [0.15, 0.2) is 6.61 Å². The van der Waals surface area contributed by atoms with Crippen molar-refractivity contribution in [3.05, 3.63) is 72.2 Å². The van der Waals surface area contributed by atoms with Crippen molar-refractivity contribution >= 4 is 17.6 Å². The molecule has 6 nitrogen and oxygen atoms in total. The minimum Gasteiger partial charge on any atom is -0.494 e. The lowest BCUT2D eigenvalue weighted by atomic mass is 10.2. The van der Waals surface area contributed by atoms with Crippen LogP contribution in [0.4, 0.5) is 10.1 Å². The zero-order chi connectivity index (χ0) is 19.9. The number of rotatable bonds is 7. The van der Waals surface area contributed by atoms with Gasteiger partial charge in [0.1, 0.15) is 17.3 Å². The van der Waals surface area contributed by atoms with E-state index in [1.54, 1.807) is 30.3 Å². The molecule has 1 N–H and O–H groups in total. The largest absolute Gasteiger partial charge is 0.494 e. The summed E-state index contributed by atoms with van der Waals surface area (Å²) in [6.45, 7) is 1.97. The van der Waals surface area contributed by atoms with Crippen LogP contribution in [-0.4, -0.2) is 25.1 Å². The normalized spacial score (nSPS) is 10.4. The van der Waals surface area contributed by atoms with Crippen molar-refractivity contribution in [1.29, 1.82) is 0 Å². The number of benzene rings is 2. The molecule has 0 aliphatic carbocycles. The molecule has 0 bridgehead atoms. The lowest BCUT2D eigenvalue weighted by Crippen LogP contribution is -2.20. The van der Waals surface area contributed by atoms with Crippen LogP contribution in [0, 0.1) is 5.82 Å². The van der Waals surface area contributed by atoms with E-state index in [0.717, 1.165) is 0 Å². The molecule has 0 unspecified atom stereocenters. The van der Waals surface area contributed by atoms with Crippen LogP contribution in [0.5, 0.6) is 5.75 Å². The van der Waals surface area contributed by atoms with Gasteiger partial charge in [-0.2, -0.15) is 0 Å². The summed E-state index contributed by atoms with van der Waals surface area (Å²) in [5.41, 5.74) is 1.18. The summed E-state index contributed by atoms with van der Waals surface area (Å²) < 4.78 is 28.7. The fourth-order valence-electron chi connectivity index (χ4n) is 2.42. The van der Waals surface area contributed by atoms with Gasteiger partial charge in [-0.3, -0.25) is 4.79 Å². The van der Waals surface area contributed by atoms with Crippen molar-refractivity contribution in [2.24, 2.45) is 0 Å². The van der Waals surface area contributed by atoms with Gasteiger partial charge in [0.05, 0.1) is 6.61 Å². The Balaban J connectivity index is 1.52. The summed E-state index contributed by atoms with van der Waals surface area (Å²) in [6.07, 6.45) is 0. The molecular formula is C21H18FNO5.